The molecule has 6 heteroatoms. The van der Waals surface area contributed by atoms with E-state index in [4.69, 9.17) is 16.3 Å². The van der Waals surface area contributed by atoms with E-state index in [1.54, 1.807) is 4.90 Å². The molecular formula is C21H21ClN2O2S. The molecule has 0 N–H and O–H groups in total. The molecule has 4 nitrogen and oxygen atoms in total. The predicted molar refractivity (Wildman–Crippen MR) is 111 cm³/mol. The van der Waals surface area contributed by atoms with E-state index in [0.29, 0.717) is 18.0 Å². The Bertz CT molecular complexity index is 922. The first-order chi connectivity index (χ1) is 13.2. The predicted octanol–water partition coefficient (Wildman–Crippen LogP) is 5.09. The lowest BCUT2D eigenvalue weighted by molar-refractivity contribution is -0.119. The number of aryl methyl sites for hydroxylation is 1. The minimum absolute atomic E-state index is 0.0829. The number of fused-ring (bicyclic) bond motifs is 1. The number of rotatable bonds is 6. The van der Waals surface area contributed by atoms with Crippen molar-refractivity contribution >= 4 is 44.2 Å². The van der Waals surface area contributed by atoms with Crippen LogP contribution in [0.1, 0.15) is 24.8 Å². The summed E-state index contributed by atoms with van der Waals surface area (Å²) in [6.45, 7) is 1.33. The fourth-order valence-electron chi connectivity index (χ4n) is 3.31. The first-order valence-electron chi connectivity index (χ1n) is 9.21. The van der Waals surface area contributed by atoms with E-state index >= 15 is 0 Å². The van der Waals surface area contributed by atoms with Crippen LogP contribution in [0.3, 0.4) is 0 Å². The average Bonchev–Trinajstić information content (AvgIpc) is 3.34. The van der Waals surface area contributed by atoms with Crippen molar-refractivity contribution in [3.05, 3.63) is 59.1 Å². The van der Waals surface area contributed by atoms with Crippen molar-refractivity contribution < 1.29 is 9.53 Å². The summed E-state index contributed by atoms with van der Waals surface area (Å²) in [6, 6.07) is 15.7. The Hall–Kier alpha value is -1.95. The van der Waals surface area contributed by atoms with Crippen molar-refractivity contribution in [2.45, 2.75) is 31.8 Å². The highest BCUT2D eigenvalue weighted by Gasteiger charge is 2.26. The van der Waals surface area contributed by atoms with Crippen molar-refractivity contribution in [2.75, 3.05) is 18.1 Å². The van der Waals surface area contributed by atoms with Crippen LogP contribution in [0.25, 0.3) is 10.2 Å². The van der Waals surface area contributed by atoms with Crippen LogP contribution >= 0.6 is 22.9 Å². The fourth-order valence-corrected chi connectivity index (χ4v) is 4.58. The van der Waals surface area contributed by atoms with E-state index in [2.05, 4.69) is 17.1 Å². The van der Waals surface area contributed by atoms with E-state index in [1.165, 1.54) is 16.9 Å². The zero-order chi connectivity index (χ0) is 18.6. The molecule has 2 heterocycles. The van der Waals surface area contributed by atoms with Crippen LogP contribution in [-0.4, -0.2) is 30.1 Å². The third-order valence-corrected chi connectivity index (χ3v) is 6.03. The van der Waals surface area contributed by atoms with Gasteiger partial charge in [-0.15, -0.1) is 0 Å². The molecule has 3 aromatic rings. The van der Waals surface area contributed by atoms with Gasteiger partial charge in [-0.1, -0.05) is 53.3 Å². The Kier molecular flexibility index (Phi) is 5.72. The van der Waals surface area contributed by atoms with Gasteiger partial charge in [0.1, 0.15) is 0 Å². The monoisotopic (exact) mass is 400 g/mol. The Morgan fingerprint density at radius 1 is 1.26 bits per heavy atom. The lowest BCUT2D eigenvalue weighted by atomic mass is 10.1. The zero-order valence-electron chi connectivity index (χ0n) is 14.9. The normalized spacial score (nSPS) is 16.7. The molecular weight excluding hydrogens is 380 g/mol. The van der Waals surface area contributed by atoms with Crippen molar-refractivity contribution in [1.29, 1.82) is 0 Å². The summed E-state index contributed by atoms with van der Waals surface area (Å²) in [4.78, 5) is 19.5. The van der Waals surface area contributed by atoms with Gasteiger partial charge in [-0.3, -0.25) is 9.69 Å². The van der Waals surface area contributed by atoms with Crippen LogP contribution in [0.2, 0.25) is 5.02 Å². The lowest BCUT2D eigenvalue weighted by Crippen LogP contribution is -2.37. The van der Waals surface area contributed by atoms with Gasteiger partial charge in [0.15, 0.2) is 5.13 Å². The molecule has 1 atom stereocenters. The van der Waals surface area contributed by atoms with E-state index < -0.39 is 0 Å². The first-order valence-corrected chi connectivity index (χ1v) is 10.4. The number of nitrogens with zero attached hydrogens (tertiary/aromatic N) is 2. The van der Waals surface area contributed by atoms with Gasteiger partial charge in [-0.25, -0.2) is 4.98 Å². The van der Waals surface area contributed by atoms with Gasteiger partial charge in [0.25, 0.3) is 0 Å². The van der Waals surface area contributed by atoms with Gasteiger partial charge in [0.2, 0.25) is 5.91 Å². The van der Waals surface area contributed by atoms with Crippen LogP contribution in [-0.2, 0) is 16.0 Å². The summed E-state index contributed by atoms with van der Waals surface area (Å²) in [5.74, 6) is 0.0829. The summed E-state index contributed by atoms with van der Waals surface area (Å²) in [7, 11) is 0. The maximum Gasteiger partial charge on any atom is 0.229 e. The van der Waals surface area contributed by atoms with Crippen LogP contribution in [0.15, 0.2) is 48.5 Å². The van der Waals surface area contributed by atoms with Gasteiger partial charge < -0.3 is 4.74 Å². The second-order valence-electron chi connectivity index (χ2n) is 6.73. The molecule has 1 amide bonds. The Balaban J connectivity index is 1.55. The molecule has 1 fully saturated rings. The van der Waals surface area contributed by atoms with Crippen LogP contribution in [0, 0.1) is 0 Å². The number of aromatic nitrogens is 1. The first kappa shape index (κ1) is 18.4. The van der Waals surface area contributed by atoms with Crippen LogP contribution in [0.5, 0.6) is 0 Å². The Morgan fingerprint density at radius 2 is 2.11 bits per heavy atom. The van der Waals surface area contributed by atoms with E-state index in [1.807, 2.05) is 36.4 Å². The second kappa shape index (κ2) is 8.38. The van der Waals surface area contributed by atoms with Gasteiger partial charge in [0, 0.05) is 18.1 Å². The molecule has 1 aliphatic heterocycles. The highest BCUT2D eigenvalue weighted by atomic mass is 35.5. The summed E-state index contributed by atoms with van der Waals surface area (Å²) in [5.41, 5.74) is 2.03. The number of carbonyl (C=O) groups excluding carboxylic acids is 1. The molecule has 0 radical (unpaired) electrons. The number of anilines is 1. The quantitative estimate of drug-likeness (QED) is 0.578. The summed E-state index contributed by atoms with van der Waals surface area (Å²) in [6.07, 6.45) is 3.29. The summed E-state index contributed by atoms with van der Waals surface area (Å²) in [5, 5.41) is 1.40. The Morgan fingerprint density at radius 3 is 2.89 bits per heavy atom. The Labute approximate surface area is 167 Å². The average molecular weight is 401 g/mol. The topological polar surface area (TPSA) is 42.4 Å². The van der Waals surface area contributed by atoms with E-state index in [0.717, 1.165) is 41.2 Å². The maximum atomic E-state index is 13.1. The van der Waals surface area contributed by atoms with E-state index in [9.17, 15) is 4.79 Å². The fraction of sp³-hybridized carbons (Fsp3) is 0.333. The second-order valence-corrected chi connectivity index (χ2v) is 8.18. The van der Waals surface area contributed by atoms with Crippen molar-refractivity contribution in [3.63, 3.8) is 0 Å². The minimum atomic E-state index is 0.0829. The molecule has 1 unspecified atom stereocenters. The molecule has 1 saturated heterocycles. The number of carbonyl (C=O) groups is 1. The minimum Gasteiger partial charge on any atom is -0.376 e. The molecule has 2 aromatic carbocycles. The summed E-state index contributed by atoms with van der Waals surface area (Å²) < 4.78 is 6.76. The molecule has 0 spiro atoms. The number of amides is 1. The van der Waals surface area contributed by atoms with E-state index in [-0.39, 0.29) is 12.0 Å². The molecule has 0 saturated carbocycles. The van der Waals surface area contributed by atoms with Crippen LogP contribution in [0.4, 0.5) is 5.13 Å². The molecule has 27 heavy (non-hydrogen) atoms. The molecule has 0 bridgehead atoms. The number of ether oxygens (including phenoxy) is 1. The highest BCUT2D eigenvalue weighted by molar-refractivity contribution is 7.22. The maximum absolute atomic E-state index is 13.1. The molecule has 0 aliphatic carbocycles. The third kappa shape index (κ3) is 4.49. The largest absolute Gasteiger partial charge is 0.376 e. The van der Waals surface area contributed by atoms with Crippen molar-refractivity contribution in [2.24, 2.45) is 0 Å². The van der Waals surface area contributed by atoms with Gasteiger partial charge >= 0.3 is 0 Å². The molecule has 1 aromatic heterocycles. The highest BCUT2D eigenvalue weighted by Crippen LogP contribution is 2.32. The molecule has 4 rings (SSSR count). The summed E-state index contributed by atoms with van der Waals surface area (Å²) >= 11 is 7.61. The van der Waals surface area contributed by atoms with Crippen molar-refractivity contribution in [1.82, 2.24) is 4.98 Å². The van der Waals surface area contributed by atoms with Crippen LogP contribution < -0.4 is 4.90 Å². The SMILES string of the molecule is O=C(CCc1ccccc1)N(CC1CCCO1)c1nc2ccc(Cl)cc2s1. The smallest absolute Gasteiger partial charge is 0.229 e. The van der Waals surface area contributed by atoms with Gasteiger partial charge in [0.05, 0.1) is 22.9 Å². The third-order valence-electron chi connectivity index (χ3n) is 4.75. The number of benzene rings is 2. The molecule has 1 aliphatic rings. The van der Waals surface area contributed by atoms with Gasteiger partial charge in [-0.2, -0.15) is 0 Å². The molecule has 140 valence electrons. The lowest BCUT2D eigenvalue weighted by Gasteiger charge is -2.23. The van der Waals surface area contributed by atoms with Crippen molar-refractivity contribution in [3.8, 4) is 0 Å². The number of halogens is 1. The number of hydrogen-bond donors (Lipinski definition) is 0. The zero-order valence-corrected chi connectivity index (χ0v) is 16.5. The standard InChI is InChI=1S/C21H21ClN2O2S/c22-16-9-10-18-19(13-16)27-21(23-18)24(14-17-7-4-12-26-17)20(25)11-8-15-5-2-1-3-6-15/h1-3,5-6,9-10,13,17H,4,7-8,11-12,14H2. The van der Waals surface area contributed by atoms with Gasteiger partial charge in [-0.05, 0) is 43.0 Å². The number of thiazole rings is 1. The number of hydrogen-bond acceptors (Lipinski definition) is 4.